The van der Waals surface area contributed by atoms with Gasteiger partial charge in [0.25, 0.3) is 0 Å². The third-order valence-electron chi connectivity index (χ3n) is 2.47. The molecule has 0 saturated carbocycles. The van der Waals surface area contributed by atoms with Crippen molar-refractivity contribution in [3.8, 4) is 0 Å². The largest absolute Gasteiger partial charge is 0.311 e. The minimum Gasteiger partial charge on any atom is -0.311 e. The van der Waals surface area contributed by atoms with Gasteiger partial charge in [-0.05, 0) is 31.8 Å². The van der Waals surface area contributed by atoms with Gasteiger partial charge in [-0.3, -0.25) is 0 Å². The molecule has 0 spiro atoms. The molecule has 1 rings (SSSR count). The lowest BCUT2D eigenvalue weighted by Crippen LogP contribution is -2.37. The van der Waals surface area contributed by atoms with E-state index >= 15 is 0 Å². The molecular formula is C10H21NS2. The molecule has 0 aromatic rings. The molecule has 13 heavy (non-hydrogen) atoms. The van der Waals surface area contributed by atoms with Crippen molar-refractivity contribution in [2.75, 3.05) is 17.8 Å². The molecule has 1 aliphatic rings. The maximum absolute atomic E-state index is 3.71. The summed E-state index contributed by atoms with van der Waals surface area (Å²) in [5, 5.41) is 4.58. The summed E-state index contributed by atoms with van der Waals surface area (Å²) in [5.41, 5.74) is 0. The molecule has 1 nitrogen and oxygen atoms in total. The van der Waals surface area contributed by atoms with E-state index in [1.165, 1.54) is 24.3 Å². The summed E-state index contributed by atoms with van der Waals surface area (Å²) in [7, 11) is 0. The Bertz CT molecular complexity index is 141. The lowest BCUT2D eigenvalue weighted by atomic mass is 10.1. The normalized spacial score (nSPS) is 30.7. The van der Waals surface area contributed by atoms with Gasteiger partial charge in [-0.25, -0.2) is 0 Å². The molecule has 0 radical (unpaired) electrons. The molecule has 0 amide bonds. The minimum absolute atomic E-state index is 0.698. The molecule has 1 aliphatic heterocycles. The van der Waals surface area contributed by atoms with Crippen LogP contribution >= 0.6 is 23.5 Å². The van der Waals surface area contributed by atoms with Crippen LogP contribution < -0.4 is 5.32 Å². The molecule has 78 valence electrons. The van der Waals surface area contributed by atoms with E-state index < -0.39 is 0 Å². The van der Waals surface area contributed by atoms with Crippen molar-refractivity contribution in [1.82, 2.24) is 5.32 Å². The van der Waals surface area contributed by atoms with Crippen LogP contribution in [0.2, 0.25) is 0 Å². The highest BCUT2D eigenvalue weighted by molar-refractivity contribution is 8.00. The van der Waals surface area contributed by atoms with Gasteiger partial charge >= 0.3 is 0 Å². The summed E-state index contributed by atoms with van der Waals surface area (Å²) in [6.07, 6.45) is 4.84. The number of thioether (sulfide) groups is 2. The zero-order valence-corrected chi connectivity index (χ0v) is 10.5. The van der Waals surface area contributed by atoms with Crippen LogP contribution in [0, 0.1) is 0 Å². The predicted octanol–water partition coefficient (Wildman–Crippen LogP) is 2.61. The Morgan fingerprint density at radius 2 is 2.38 bits per heavy atom. The van der Waals surface area contributed by atoms with Gasteiger partial charge in [-0.1, -0.05) is 6.92 Å². The summed E-state index contributed by atoms with van der Waals surface area (Å²) >= 11 is 4.05. The number of hydrogen-bond acceptors (Lipinski definition) is 3. The van der Waals surface area contributed by atoms with Gasteiger partial charge in [0.15, 0.2) is 0 Å². The smallest absolute Gasteiger partial charge is 0.0171 e. The Morgan fingerprint density at radius 3 is 2.92 bits per heavy atom. The zero-order chi connectivity index (χ0) is 9.68. The Morgan fingerprint density at radius 1 is 1.62 bits per heavy atom. The van der Waals surface area contributed by atoms with E-state index in [0.29, 0.717) is 6.04 Å². The second-order valence-corrected chi connectivity index (χ2v) is 6.38. The maximum atomic E-state index is 3.71. The minimum atomic E-state index is 0.698. The highest BCUT2D eigenvalue weighted by atomic mass is 32.2. The molecule has 0 bridgehead atoms. The summed E-state index contributed by atoms with van der Waals surface area (Å²) < 4.78 is 0. The average molecular weight is 219 g/mol. The Balaban J connectivity index is 2.09. The third-order valence-corrected chi connectivity index (χ3v) is 4.47. The van der Waals surface area contributed by atoms with Crippen LogP contribution in [0.1, 0.15) is 26.7 Å². The summed E-state index contributed by atoms with van der Waals surface area (Å²) in [6, 6.07) is 1.47. The molecule has 1 saturated heterocycles. The highest BCUT2D eigenvalue weighted by Gasteiger charge is 2.22. The Labute approximate surface area is 90.8 Å². The van der Waals surface area contributed by atoms with E-state index in [-0.39, 0.29) is 0 Å². The van der Waals surface area contributed by atoms with Crippen molar-refractivity contribution >= 4 is 23.5 Å². The second-order valence-electron chi connectivity index (χ2n) is 3.93. The summed E-state index contributed by atoms with van der Waals surface area (Å²) in [5.74, 6) is 2.59. The van der Waals surface area contributed by atoms with Crippen LogP contribution in [0.15, 0.2) is 0 Å². The molecule has 0 aliphatic carbocycles. The van der Waals surface area contributed by atoms with Gasteiger partial charge in [0.05, 0.1) is 0 Å². The molecule has 3 atom stereocenters. The lowest BCUT2D eigenvalue weighted by molar-refractivity contribution is 0.455. The van der Waals surface area contributed by atoms with E-state index in [1.807, 2.05) is 11.8 Å². The Hall–Kier alpha value is 0.660. The van der Waals surface area contributed by atoms with E-state index in [0.717, 1.165) is 11.3 Å². The van der Waals surface area contributed by atoms with Crippen LogP contribution in [0.4, 0.5) is 0 Å². The quantitative estimate of drug-likeness (QED) is 0.763. The molecular weight excluding hydrogens is 198 g/mol. The second kappa shape index (κ2) is 6.20. The lowest BCUT2D eigenvalue weighted by Gasteiger charge is -2.18. The standard InChI is InChI=1S/C10H21NS2/c1-8(4-5-12-3)11-10-6-9(2)13-7-10/h8-11H,4-7H2,1-3H3. The van der Waals surface area contributed by atoms with Crippen molar-refractivity contribution in [3.05, 3.63) is 0 Å². The molecule has 1 N–H and O–H groups in total. The maximum Gasteiger partial charge on any atom is 0.0171 e. The first-order valence-corrected chi connectivity index (χ1v) is 7.53. The van der Waals surface area contributed by atoms with Crippen LogP contribution in [-0.2, 0) is 0 Å². The third kappa shape index (κ3) is 4.61. The van der Waals surface area contributed by atoms with Crippen molar-refractivity contribution in [3.63, 3.8) is 0 Å². The van der Waals surface area contributed by atoms with Crippen LogP contribution in [0.3, 0.4) is 0 Å². The Kier molecular flexibility index (Phi) is 5.60. The molecule has 0 aromatic heterocycles. The highest BCUT2D eigenvalue weighted by Crippen LogP contribution is 2.26. The molecule has 1 heterocycles. The van der Waals surface area contributed by atoms with E-state index in [2.05, 4.69) is 37.2 Å². The van der Waals surface area contributed by atoms with Crippen LogP contribution in [-0.4, -0.2) is 35.1 Å². The van der Waals surface area contributed by atoms with E-state index in [4.69, 9.17) is 0 Å². The van der Waals surface area contributed by atoms with Gasteiger partial charge < -0.3 is 5.32 Å². The van der Waals surface area contributed by atoms with Crippen molar-refractivity contribution in [2.45, 2.75) is 44.0 Å². The van der Waals surface area contributed by atoms with Gasteiger partial charge in [0.1, 0.15) is 0 Å². The molecule has 1 fully saturated rings. The SMILES string of the molecule is CSCCC(C)NC1CSC(C)C1. The molecule has 0 aromatic carbocycles. The predicted molar refractivity (Wildman–Crippen MR) is 65.9 cm³/mol. The summed E-state index contributed by atoms with van der Waals surface area (Å²) in [6.45, 7) is 4.64. The van der Waals surface area contributed by atoms with Crippen LogP contribution in [0.25, 0.3) is 0 Å². The zero-order valence-electron chi connectivity index (χ0n) is 8.88. The number of hydrogen-bond donors (Lipinski definition) is 1. The molecule has 3 unspecified atom stereocenters. The topological polar surface area (TPSA) is 12.0 Å². The fourth-order valence-corrected chi connectivity index (χ4v) is 3.46. The average Bonchev–Trinajstić information content (AvgIpc) is 2.48. The fourth-order valence-electron chi connectivity index (χ4n) is 1.71. The first-order valence-electron chi connectivity index (χ1n) is 5.09. The summed E-state index contributed by atoms with van der Waals surface area (Å²) in [4.78, 5) is 0. The van der Waals surface area contributed by atoms with E-state index in [1.54, 1.807) is 0 Å². The van der Waals surface area contributed by atoms with Gasteiger partial charge in [0, 0.05) is 23.1 Å². The first-order chi connectivity index (χ1) is 6.22. The first kappa shape index (κ1) is 11.7. The molecule has 3 heteroatoms. The van der Waals surface area contributed by atoms with Crippen molar-refractivity contribution < 1.29 is 0 Å². The number of nitrogens with one attached hydrogen (secondary N) is 1. The van der Waals surface area contributed by atoms with Gasteiger partial charge in [-0.2, -0.15) is 23.5 Å². The van der Waals surface area contributed by atoms with Gasteiger partial charge in [0.2, 0.25) is 0 Å². The fraction of sp³-hybridized carbons (Fsp3) is 1.00. The van der Waals surface area contributed by atoms with Gasteiger partial charge in [-0.15, -0.1) is 0 Å². The van der Waals surface area contributed by atoms with Crippen molar-refractivity contribution in [1.29, 1.82) is 0 Å². The van der Waals surface area contributed by atoms with E-state index in [9.17, 15) is 0 Å². The van der Waals surface area contributed by atoms with Crippen LogP contribution in [0.5, 0.6) is 0 Å². The number of rotatable bonds is 5. The monoisotopic (exact) mass is 219 g/mol. The van der Waals surface area contributed by atoms with Crippen molar-refractivity contribution in [2.24, 2.45) is 0 Å².